The number of nitriles is 1. The molecule has 0 radical (unpaired) electrons. The van der Waals surface area contributed by atoms with Crippen LogP contribution in [0.15, 0.2) is 29.3 Å². The van der Waals surface area contributed by atoms with Crippen molar-refractivity contribution in [3.63, 3.8) is 0 Å². The third kappa shape index (κ3) is 3.01. The van der Waals surface area contributed by atoms with E-state index in [2.05, 4.69) is 20.3 Å². The molecule has 152 valence electrons. The molecule has 9 heteroatoms. The number of hydrogen-bond donors (Lipinski definition) is 2. The Labute approximate surface area is 169 Å². The van der Waals surface area contributed by atoms with Crippen LogP contribution >= 0.6 is 0 Å². The third-order valence-electron chi connectivity index (χ3n) is 5.56. The first-order valence-corrected chi connectivity index (χ1v) is 9.32. The lowest BCUT2D eigenvalue weighted by Crippen LogP contribution is -2.40. The quantitative estimate of drug-likeness (QED) is 0.688. The fourth-order valence-corrected chi connectivity index (χ4v) is 3.82. The summed E-state index contributed by atoms with van der Waals surface area (Å²) in [5.41, 5.74) is -0.417. The minimum atomic E-state index is -1.11. The summed E-state index contributed by atoms with van der Waals surface area (Å²) >= 11 is 0. The summed E-state index contributed by atoms with van der Waals surface area (Å²) < 4.78 is 28.2. The molecule has 7 nitrogen and oxygen atoms in total. The molecular formula is C21H17F2N5O2. The number of aromatic nitrogens is 3. The van der Waals surface area contributed by atoms with Gasteiger partial charge in [0, 0.05) is 10.9 Å². The van der Waals surface area contributed by atoms with Crippen molar-refractivity contribution in [1.82, 2.24) is 20.3 Å². The second kappa shape index (κ2) is 6.99. The van der Waals surface area contributed by atoms with Crippen molar-refractivity contribution in [1.29, 1.82) is 5.26 Å². The number of aryl methyl sites for hydroxylation is 1. The van der Waals surface area contributed by atoms with E-state index >= 15 is 0 Å². The Morgan fingerprint density at radius 3 is 2.63 bits per heavy atom. The van der Waals surface area contributed by atoms with Crippen molar-refractivity contribution >= 4 is 16.8 Å². The zero-order valence-electron chi connectivity index (χ0n) is 16.2. The van der Waals surface area contributed by atoms with E-state index in [1.807, 2.05) is 6.07 Å². The molecule has 0 bridgehead atoms. The van der Waals surface area contributed by atoms with Crippen LogP contribution in [0.25, 0.3) is 10.9 Å². The van der Waals surface area contributed by atoms with E-state index in [0.29, 0.717) is 18.5 Å². The van der Waals surface area contributed by atoms with Gasteiger partial charge in [0.05, 0.1) is 35.1 Å². The number of amides is 1. The maximum absolute atomic E-state index is 14.4. The predicted octanol–water partition coefficient (Wildman–Crippen LogP) is 2.69. The number of halogens is 2. The fraction of sp³-hybridized carbons (Fsp3) is 0.286. The number of rotatable bonds is 4. The molecule has 1 aliphatic carbocycles. The Bertz CT molecular complexity index is 1270. The summed E-state index contributed by atoms with van der Waals surface area (Å²) in [6.45, 7) is 3.23. The number of carbonyl (C=O) groups is 1. The smallest absolute Gasteiger partial charge is 0.252 e. The van der Waals surface area contributed by atoms with Gasteiger partial charge < -0.3 is 10.3 Å². The van der Waals surface area contributed by atoms with Crippen LogP contribution in [0.2, 0.25) is 0 Å². The van der Waals surface area contributed by atoms with Crippen LogP contribution in [-0.2, 0) is 10.2 Å². The number of H-pyrrole nitrogens is 1. The first-order valence-electron chi connectivity index (χ1n) is 9.32. The molecule has 1 amide bonds. The van der Waals surface area contributed by atoms with Crippen LogP contribution < -0.4 is 10.9 Å². The largest absolute Gasteiger partial charge is 0.347 e. The zero-order valence-corrected chi connectivity index (χ0v) is 16.2. The molecule has 30 heavy (non-hydrogen) atoms. The van der Waals surface area contributed by atoms with Crippen LogP contribution in [0.3, 0.4) is 0 Å². The van der Waals surface area contributed by atoms with Crippen LogP contribution in [0, 0.1) is 29.9 Å². The number of nitrogens with zero attached hydrogens (tertiary/aromatic N) is 3. The summed E-state index contributed by atoms with van der Waals surface area (Å²) in [5, 5.41) is 11.6. The normalized spacial score (nSPS) is 15.4. The summed E-state index contributed by atoms with van der Waals surface area (Å²) in [6, 6.07) is 3.60. The highest BCUT2D eigenvalue weighted by Crippen LogP contribution is 2.49. The van der Waals surface area contributed by atoms with Gasteiger partial charge in [-0.2, -0.15) is 5.26 Å². The molecular weight excluding hydrogens is 392 g/mol. The van der Waals surface area contributed by atoms with Gasteiger partial charge in [0.2, 0.25) is 5.91 Å². The number of fused-ring (bicyclic) bond motifs is 1. The molecule has 2 heterocycles. The molecule has 1 aliphatic rings. The van der Waals surface area contributed by atoms with E-state index in [1.54, 1.807) is 6.92 Å². The van der Waals surface area contributed by atoms with Crippen LogP contribution in [0.4, 0.5) is 8.78 Å². The van der Waals surface area contributed by atoms with Gasteiger partial charge in [-0.1, -0.05) is 0 Å². The van der Waals surface area contributed by atoms with Crippen molar-refractivity contribution in [2.45, 2.75) is 38.1 Å². The maximum atomic E-state index is 14.4. The Morgan fingerprint density at radius 1 is 1.30 bits per heavy atom. The van der Waals surface area contributed by atoms with E-state index in [0.717, 1.165) is 6.07 Å². The first-order chi connectivity index (χ1) is 14.3. The SMILES string of the molecule is Cc1c(C2(C(=O)N[C@H](C)c3cnc(C#N)cn3)CC2)c(=O)[nH]c2ccc(F)c(F)c12. The summed E-state index contributed by atoms with van der Waals surface area (Å²) in [6.07, 6.45) is 3.53. The van der Waals surface area contributed by atoms with Gasteiger partial charge in [-0.05, 0) is 44.4 Å². The van der Waals surface area contributed by atoms with Gasteiger partial charge in [-0.15, -0.1) is 0 Å². The second-order valence-electron chi connectivity index (χ2n) is 7.45. The van der Waals surface area contributed by atoms with Gasteiger partial charge in [0.1, 0.15) is 6.07 Å². The molecule has 3 aromatic rings. The zero-order chi connectivity index (χ0) is 21.6. The van der Waals surface area contributed by atoms with Gasteiger partial charge in [0.25, 0.3) is 5.56 Å². The molecule has 1 aromatic carbocycles. The minimum Gasteiger partial charge on any atom is -0.347 e. The van der Waals surface area contributed by atoms with Crippen LogP contribution in [0.1, 0.15) is 48.3 Å². The molecule has 2 aromatic heterocycles. The lowest BCUT2D eigenvalue weighted by atomic mass is 9.89. The van der Waals surface area contributed by atoms with E-state index in [4.69, 9.17) is 5.26 Å². The second-order valence-corrected chi connectivity index (χ2v) is 7.45. The Morgan fingerprint density at radius 2 is 2.03 bits per heavy atom. The molecule has 0 spiro atoms. The van der Waals surface area contributed by atoms with E-state index in [9.17, 15) is 18.4 Å². The molecule has 0 saturated heterocycles. The number of aromatic amines is 1. The van der Waals surface area contributed by atoms with Gasteiger partial charge in [-0.3, -0.25) is 14.6 Å². The summed E-state index contributed by atoms with van der Waals surface area (Å²) in [7, 11) is 0. The Hall–Kier alpha value is -3.67. The van der Waals surface area contributed by atoms with Crippen molar-refractivity contribution in [3.05, 3.63) is 69.0 Å². The standard InChI is InChI=1S/C21H17F2N5O2/c1-10-16-14(4-3-13(22)18(16)23)28-19(29)17(10)21(5-6-21)20(30)27-11(2)15-9-25-12(7-24)8-26-15/h3-4,8-9,11H,5-6H2,1-2H3,(H,27,30)(H,28,29)/t11-/m1/s1. The minimum absolute atomic E-state index is 0.0327. The number of hydrogen-bond acceptors (Lipinski definition) is 5. The highest BCUT2D eigenvalue weighted by molar-refractivity contribution is 5.94. The molecule has 0 aliphatic heterocycles. The van der Waals surface area contributed by atoms with E-state index < -0.39 is 34.6 Å². The van der Waals surface area contributed by atoms with Crippen LogP contribution in [-0.4, -0.2) is 20.9 Å². The Balaban J connectivity index is 1.71. The van der Waals surface area contributed by atoms with E-state index in [-0.39, 0.29) is 27.7 Å². The molecule has 4 rings (SSSR count). The number of nitrogens with one attached hydrogen (secondary N) is 2. The lowest BCUT2D eigenvalue weighted by Gasteiger charge is -2.21. The first kappa shape index (κ1) is 19.6. The number of carbonyl (C=O) groups excluding carboxylic acids is 1. The van der Waals surface area contributed by atoms with Gasteiger partial charge in [0.15, 0.2) is 17.3 Å². The van der Waals surface area contributed by atoms with E-state index in [1.165, 1.54) is 25.4 Å². The van der Waals surface area contributed by atoms with Crippen molar-refractivity contribution in [3.8, 4) is 6.07 Å². The van der Waals surface area contributed by atoms with Crippen molar-refractivity contribution in [2.24, 2.45) is 0 Å². The number of pyridine rings is 1. The summed E-state index contributed by atoms with van der Waals surface area (Å²) in [5.74, 6) is -2.48. The molecule has 1 fully saturated rings. The highest BCUT2D eigenvalue weighted by Gasteiger charge is 2.54. The fourth-order valence-electron chi connectivity index (χ4n) is 3.82. The van der Waals surface area contributed by atoms with Crippen molar-refractivity contribution in [2.75, 3.05) is 0 Å². The molecule has 1 atom stereocenters. The Kier molecular flexibility index (Phi) is 4.57. The third-order valence-corrected chi connectivity index (χ3v) is 5.56. The molecule has 0 unspecified atom stereocenters. The molecule has 2 N–H and O–H groups in total. The number of benzene rings is 1. The monoisotopic (exact) mass is 409 g/mol. The average molecular weight is 409 g/mol. The highest BCUT2D eigenvalue weighted by atomic mass is 19.2. The lowest BCUT2D eigenvalue weighted by molar-refractivity contribution is -0.124. The maximum Gasteiger partial charge on any atom is 0.252 e. The van der Waals surface area contributed by atoms with Crippen molar-refractivity contribution < 1.29 is 13.6 Å². The summed E-state index contributed by atoms with van der Waals surface area (Å²) in [4.78, 5) is 36.5. The van der Waals surface area contributed by atoms with Gasteiger partial charge >= 0.3 is 0 Å². The van der Waals surface area contributed by atoms with Crippen LogP contribution in [0.5, 0.6) is 0 Å². The molecule has 1 saturated carbocycles. The predicted molar refractivity (Wildman–Crippen MR) is 103 cm³/mol. The van der Waals surface area contributed by atoms with Gasteiger partial charge in [-0.25, -0.2) is 13.8 Å². The topological polar surface area (TPSA) is 112 Å². The average Bonchev–Trinajstić information content (AvgIpc) is 3.52.